The van der Waals surface area contributed by atoms with E-state index in [0.29, 0.717) is 0 Å². The van der Waals surface area contributed by atoms with Gasteiger partial charge in [0.1, 0.15) is 0 Å². The Labute approximate surface area is 95.1 Å². The summed E-state index contributed by atoms with van der Waals surface area (Å²) in [4.78, 5) is 0. The van der Waals surface area contributed by atoms with Crippen LogP contribution in [0.4, 0.5) is 0 Å². The minimum absolute atomic E-state index is 0. The molecule has 0 aromatic carbocycles. The van der Waals surface area contributed by atoms with Crippen LogP contribution in [0.25, 0.3) is 0 Å². The summed E-state index contributed by atoms with van der Waals surface area (Å²) < 4.78 is 24.0. The van der Waals surface area contributed by atoms with Gasteiger partial charge >= 0.3 is 37.7 Å². The first-order valence-corrected chi connectivity index (χ1v) is 3.10. The molecular weight excluding hydrogens is 349 g/mol. The molecule has 0 aliphatic carbocycles. The molecule has 0 saturated carbocycles. The average molecular weight is 353 g/mol. The zero-order chi connectivity index (χ0) is 4.50. The maximum atomic E-state index is 9.11. The Morgan fingerprint density at radius 2 is 1.57 bits per heavy atom. The molecule has 2 N–H and O–H groups in total. The van der Waals surface area contributed by atoms with E-state index in [1.165, 1.54) is 0 Å². The van der Waals surface area contributed by atoms with Gasteiger partial charge in [-0.25, -0.2) is 0 Å². The van der Waals surface area contributed by atoms with Crippen molar-refractivity contribution in [2.75, 3.05) is 0 Å². The molecule has 0 aromatic rings. The number of hydrogen-bond acceptors (Lipinski definition) is 2. The molecule has 0 unspecified atom stereocenters. The third kappa shape index (κ3) is 62.5. The van der Waals surface area contributed by atoms with Crippen LogP contribution < -0.4 is 0 Å². The van der Waals surface area contributed by atoms with Crippen molar-refractivity contribution in [2.45, 2.75) is 0 Å². The van der Waals surface area contributed by atoms with Gasteiger partial charge in [-0.2, -0.15) is 4.21 Å². The number of hydrogen-bond donors (Lipinski definition) is 2. The summed E-state index contributed by atoms with van der Waals surface area (Å²) in [6.45, 7) is 0. The van der Waals surface area contributed by atoms with E-state index in [0.717, 1.165) is 0 Å². The molecule has 3 nitrogen and oxygen atoms in total. The first kappa shape index (κ1) is 16.1. The zero-order valence-corrected chi connectivity index (χ0v) is 9.14. The predicted octanol–water partition coefficient (Wildman–Crippen LogP) is -0.480. The average Bonchev–Trinajstić information content (AvgIpc) is 0.722. The molecule has 0 aliphatic rings. The van der Waals surface area contributed by atoms with E-state index in [1.54, 1.807) is 0 Å². The Morgan fingerprint density at radius 1 is 1.57 bits per heavy atom. The van der Waals surface area contributed by atoms with Crippen molar-refractivity contribution in [3.05, 3.63) is 0 Å². The summed E-state index contributed by atoms with van der Waals surface area (Å²) in [5.74, 6) is 0. The van der Waals surface area contributed by atoms with Gasteiger partial charge in [0.2, 0.25) is 0 Å². The smallest absolute Gasteiger partial charge is 1.00 e. The van der Waals surface area contributed by atoms with Crippen LogP contribution in [0.15, 0.2) is 0 Å². The first-order valence-electron chi connectivity index (χ1n) is 0.698. The van der Waals surface area contributed by atoms with Crippen LogP contribution in [0.5, 0.6) is 0 Å². The van der Waals surface area contributed by atoms with E-state index in [-0.39, 0.29) is 63.0 Å². The molecule has 0 fully saturated rings. The van der Waals surface area contributed by atoms with E-state index in [9.17, 15) is 0 Å². The van der Waals surface area contributed by atoms with Gasteiger partial charge in [0, 0.05) is 33.6 Å². The molecule has 0 saturated heterocycles. The van der Waals surface area contributed by atoms with E-state index < -0.39 is 9.05 Å². The van der Waals surface area contributed by atoms with Crippen LogP contribution in [0, 0.1) is 0 Å². The molecule has 47 valence electrons. The Hall–Kier alpha value is 2.29. The maximum Gasteiger partial charge on any atom is 2.00 e. The summed E-state index contributed by atoms with van der Waals surface area (Å²) in [5, 5.41) is 0. The molecule has 0 aliphatic heterocycles. The molecule has 1 radical (unpaired) electrons. The molecule has 0 aromatic heterocycles. The maximum absolute atomic E-state index is 9.11. The molecule has 7 heteroatoms. The fourth-order valence-electron chi connectivity index (χ4n) is 0. The Morgan fingerprint density at radius 3 is 1.57 bits per heavy atom. The van der Waals surface area contributed by atoms with Gasteiger partial charge in [-0.3, -0.25) is 9.11 Å². The Balaban J connectivity index is -0.0000000133. The zero-order valence-electron chi connectivity index (χ0n) is 5.13. The van der Waals surface area contributed by atoms with Crippen molar-refractivity contribution in [1.82, 2.24) is 0 Å². The first-order chi connectivity index (χ1) is 2.00. The minimum Gasteiger partial charge on any atom is -1.00 e. The molecule has 0 rings (SSSR count). The van der Waals surface area contributed by atoms with Crippen molar-refractivity contribution < 1.29 is 38.5 Å². The van der Waals surface area contributed by atoms with E-state index in [2.05, 4.69) is 11.2 Å². The van der Waals surface area contributed by atoms with Gasteiger partial charge in [0.25, 0.3) is 9.05 Å². The van der Waals surface area contributed by atoms with E-state index >= 15 is 0 Å². The summed E-state index contributed by atoms with van der Waals surface area (Å²) in [6.07, 6.45) is 0. The fourth-order valence-corrected chi connectivity index (χ4v) is 0. The topological polar surface area (TPSA) is 57.5 Å². The van der Waals surface area contributed by atoms with Gasteiger partial charge in [0.05, 0.1) is 0 Å². The van der Waals surface area contributed by atoms with Crippen molar-refractivity contribution >= 4 is 58.0 Å². The van der Waals surface area contributed by atoms with Crippen molar-refractivity contribution in [1.29, 1.82) is 0 Å². The summed E-state index contributed by atoms with van der Waals surface area (Å²) in [6, 6.07) is 0. The molecule has 0 bridgehead atoms. The second-order valence-electron chi connectivity index (χ2n) is 0.448. The molecule has 0 amide bonds. The summed E-state index contributed by atoms with van der Waals surface area (Å²) in [5.41, 5.74) is 0. The molecule has 7 heavy (non-hydrogen) atoms. The SMILES string of the molecule is O=S(O)(O)=S.[Au].[Ca+2].[H-].[H-]. The normalized spacial score (nSPS) is 8.29. The predicted molar refractivity (Wildman–Crippen MR) is 28.7 cm³/mol. The minimum atomic E-state index is -3.83. The van der Waals surface area contributed by atoms with E-state index in [1.807, 2.05) is 0 Å². The second kappa shape index (κ2) is 6.41. The third-order valence-electron chi connectivity index (χ3n) is 0. The van der Waals surface area contributed by atoms with Crippen LogP contribution >= 0.6 is 0 Å². The summed E-state index contributed by atoms with van der Waals surface area (Å²) in [7, 11) is -3.83. The Bertz CT molecular complexity index is 103. The molecule has 0 spiro atoms. The van der Waals surface area contributed by atoms with Gasteiger partial charge in [-0.05, 0) is 0 Å². The monoisotopic (exact) mass is 353 g/mol. The van der Waals surface area contributed by atoms with Gasteiger partial charge in [-0.15, -0.1) is 0 Å². The third-order valence-corrected chi connectivity index (χ3v) is 0. The quantitative estimate of drug-likeness (QED) is 0.578. The van der Waals surface area contributed by atoms with Crippen LogP contribution in [0.1, 0.15) is 2.85 Å². The Kier molecular flexibility index (Phi) is 14.8. The number of rotatable bonds is 0. The second-order valence-corrected chi connectivity index (χ2v) is 2.65. The van der Waals surface area contributed by atoms with Crippen LogP contribution in [0.3, 0.4) is 0 Å². The fraction of sp³-hybridized carbons (Fsp3) is 0. The van der Waals surface area contributed by atoms with Crippen LogP contribution in [-0.2, 0) is 42.6 Å². The van der Waals surface area contributed by atoms with Gasteiger partial charge < -0.3 is 2.85 Å². The van der Waals surface area contributed by atoms with Crippen molar-refractivity contribution in [3.63, 3.8) is 0 Å². The van der Waals surface area contributed by atoms with Crippen LogP contribution in [0.2, 0.25) is 0 Å². The molecular formula is H4AuCaO3S2. The van der Waals surface area contributed by atoms with E-state index in [4.69, 9.17) is 13.3 Å². The summed E-state index contributed by atoms with van der Waals surface area (Å²) >= 11 is 3.47. The molecule has 0 atom stereocenters. The van der Waals surface area contributed by atoms with Gasteiger partial charge in [-0.1, -0.05) is 0 Å². The van der Waals surface area contributed by atoms with Crippen molar-refractivity contribution in [2.24, 2.45) is 0 Å². The largest absolute Gasteiger partial charge is 2.00 e. The van der Waals surface area contributed by atoms with Gasteiger partial charge in [0.15, 0.2) is 0 Å². The standard InChI is InChI=1S/Au.Ca.H2O3S2.2H/c;;1-5(2,3)4;;/h;;(H2,1,2,3,4);;/q;+2;;2*-1. The van der Waals surface area contributed by atoms with Crippen molar-refractivity contribution in [3.8, 4) is 0 Å². The van der Waals surface area contributed by atoms with Crippen LogP contribution in [-0.4, -0.2) is 51.1 Å². The molecule has 0 heterocycles.